The van der Waals surface area contributed by atoms with Crippen molar-refractivity contribution in [2.45, 2.75) is 39.0 Å². The summed E-state index contributed by atoms with van der Waals surface area (Å²) in [7, 11) is 0. The number of rotatable bonds is 4. The van der Waals surface area contributed by atoms with Crippen molar-refractivity contribution < 1.29 is 9.53 Å². The van der Waals surface area contributed by atoms with Crippen LogP contribution in [-0.4, -0.2) is 12.4 Å². The molecule has 1 rings (SSSR count). The molecule has 0 aromatic rings. The molecule has 0 unspecified atom stereocenters. The summed E-state index contributed by atoms with van der Waals surface area (Å²) in [4.78, 5) is 10.8. The molecule has 12 heavy (non-hydrogen) atoms. The van der Waals surface area contributed by atoms with Crippen molar-refractivity contribution in [2.75, 3.05) is 6.61 Å². The lowest BCUT2D eigenvalue weighted by molar-refractivity contribution is -0.122. The van der Waals surface area contributed by atoms with E-state index in [2.05, 4.69) is 6.92 Å². The van der Waals surface area contributed by atoms with E-state index in [0.29, 0.717) is 6.42 Å². The number of hydrogen-bond donors (Lipinski definition) is 0. The third kappa shape index (κ3) is 3.07. The quantitative estimate of drug-likeness (QED) is 0.603. The first kappa shape index (κ1) is 9.30. The van der Waals surface area contributed by atoms with Gasteiger partial charge in [0.1, 0.15) is 6.61 Å². The fraction of sp³-hybridized carbons (Fsp3) is 0.700. The number of unbranched alkanes of at least 4 members (excludes halogenated alkanes) is 2. The van der Waals surface area contributed by atoms with E-state index in [-0.39, 0.29) is 12.4 Å². The highest BCUT2D eigenvalue weighted by atomic mass is 16.5. The SMILES string of the molecule is CCCCCC1=CCC(=O)CO1. The standard InChI is InChI=1S/C10H16O2/c1-2-3-4-5-10-7-6-9(11)8-12-10/h7H,2-6,8H2,1H3. The second-order valence-electron chi connectivity index (χ2n) is 3.16. The predicted octanol–water partition coefficient (Wildman–Crippen LogP) is 2.44. The van der Waals surface area contributed by atoms with Crippen LogP contribution in [0.4, 0.5) is 0 Å². The summed E-state index contributed by atoms with van der Waals surface area (Å²) in [5.41, 5.74) is 0. The van der Waals surface area contributed by atoms with Crippen molar-refractivity contribution in [2.24, 2.45) is 0 Å². The Hall–Kier alpha value is -0.790. The van der Waals surface area contributed by atoms with Gasteiger partial charge in [0, 0.05) is 12.8 Å². The molecule has 2 heteroatoms. The minimum absolute atomic E-state index is 0.189. The summed E-state index contributed by atoms with van der Waals surface area (Å²) < 4.78 is 5.25. The molecule has 0 aliphatic carbocycles. The number of carbonyl (C=O) groups is 1. The van der Waals surface area contributed by atoms with Gasteiger partial charge in [-0.05, 0) is 12.5 Å². The van der Waals surface area contributed by atoms with Gasteiger partial charge in [0.2, 0.25) is 0 Å². The van der Waals surface area contributed by atoms with Crippen LogP contribution in [0.5, 0.6) is 0 Å². The third-order valence-electron chi connectivity index (χ3n) is 2.00. The molecule has 0 bridgehead atoms. The maximum absolute atomic E-state index is 10.8. The highest BCUT2D eigenvalue weighted by Gasteiger charge is 2.09. The average Bonchev–Trinajstić information content (AvgIpc) is 2.09. The van der Waals surface area contributed by atoms with Crippen molar-refractivity contribution >= 4 is 5.78 Å². The Bertz CT molecular complexity index is 182. The lowest BCUT2D eigenvalue weighted by atomic mass is 10.1. The lowest BCUT2D eigenvalue weighted by Gasteiger charge is -2.13. The van der Waals surface area contributed by atoms with E-state index < -0.39 is 0 Å². The first-order valence-electron chi connectivity index (χ1n) is 4.66. The smallest absolute Gasteiger partial charge is 0.174 e. The van der Waals surface area contributed by atoms with Crippen LogP contribution in [0.3, 0.4) is 0 Å². The molecule has 0 spiro atoms. The minimum atomic E-state index is 0.189. The molecule has 0 radical (unpaired) electrons. The van der Waals surface area contributed by atoms with Crippen LogP contribution in [0.25, 0.3) is 0 Å². The molecule has 0 saturated carbocycles. The molecular weight excluding hydrogens is 152 g/mol. The Morgan fingerprint density at radius 2 is 2.33 bits per heavy atom. The molecule has 68 valence electrons. The normalized spacial score (nSPS) is 17.1. The second-order valence-corrected chi connectivity index (χ2v) is 3.16. The Morgan fingerprint density at radius 3 is 2.92 bits per heavy atom. The molecule has 1 heterocycles. The minimum Gasteiger partial charge on any atom is -0.490 e. The Kier molecular flexibility index (Phi) is 3.85. The van der Waals surface area contributed by atoms with E-state index in [4.69, 9.17) is 4.74 Å². The molecule has 0 atom stereocenters. The van der Waals surface area contributed by atoms with Crippen molar-refractivity contribution in [3.8, 4) is 0 Å². The summed E-state index contributed by atoms with van der Waals surface area (Å²) >= 11 is 0. The Labute approximate surface area is 73.6 Å². The number of ether oxygens (including phenoxy) is 1. The summed E-state index contributed by atoms with van der Waals surface area (Å²) in [5.74, 6) is 1.21. The fourth-order valence-electron chi connectivity index (χ4n) is 1.24. The highest BCUT2D eigenvalue weighted by Crippen LogP contribution is 2.14. The van der Waals surface area contributed by atoms with Gasteiger partial charge in [-0.25, -0.2) is 0 Å². The Morgan fingerprint density at radius 1 is 1.50 bits per heavy atom. The van der Waals surface area contributed by atoms with Crippen LogP contribution in [-0.2, 0) is 9.53 Å². The maximum atomic E-state index is 10.8. The monoisotopic (exact) mass is 168 g/mol. The first-order valence-corrected chi connectivity index (χ1v) is 4.66. The van der Waals surface area contributed by atoms with Gasteiger partial charge >= 0.3 is 0 Å². The van der Waals surface area contributed by atoms with Gasteiger partial charge in [-0.3, -0.25) is 4.79 Å². The number of hydrogen-bond acceptors (Lipinski definition) is 2. The van der Waals surface area contributed by atoms with Crippen LogP contribution in [0.2, 0.25) is 0 Å². The van der Waals surface area contributed by atoms with Gasteiger partial charge in [0.05, 0.1) is 5.76 Å². The number of Topliss-reactive ketones (excluding diaryl/α,β-unsaturated/α-hetero) is 1. The lowest BCUT2D eigenvalue weighted by Crippen LogP contribution is -2.12. The molecule has 2 nitrogen and oxygen atoms in total. The number of ketones is 1. The van der Waals surface area contributed by atoms with Crippen LogP contribution >= 0.6 is 0 Å². The van der Waals surface area contributed by atoms with Crippen molar-refractivity contribution in [3.05, 3.63) is 11.8 Å². The molecule has 1 aliphatic rings. The van der Waals surface area contributed by atoms with Crippen LogP contribution < -0.4 is 0 Å². The van der Waals surface area contributed by atoms with E-state index in [0.717, 1.165) is 12.2 Å². The molecule has 0 N–H and O–H groups in total. The fourth-order valence-corrected chi connectivity index (χ4v) is 1.24. The van der Waals surface area contributed by atoms with E-state index in [1.54, 1.807) is 0 Å². The first-order chi connectivity index (χ1) is 5.83. The van der Waals surface area contributed by atoms with E-state index in [1.807, 2.05) is 6.08 Å². The molecule has 0 saturated heterocycles. The zero-order valence-corrected chi connectivity index (χ0v) is 7.64. The van der Waals surface area contributed by atoms with Crippen molar-refractivity contribution in [1.82, 2.24) is 0 Å². The number of carbonyl (C=O) groups excluding carboxylic acids is 1. The highest BCUT2D eigenvalue weighted by molar-refractivity contribution is 5.82. The van der Waals surface area contributed by atoms with Crippen LogP contribution in [0, 0.1) is 0 Å². The molecule has 0 amide bonds. The maximum Gasteiger partial charge on any atom is 0.174 e. The number of allylic oxidation sites excluding steroid dienone is 2. The molecule has 0 fully saturated rings. The van der Waals surface area contributed by atoms with Gasteiger partial charge < -0.3 is 4.74 Å². The zero-order valence-electron chi connectivity index (χ0n) is 7.64. The third-order valence-corrected chi connectivity index (χ3v) is 2.00. The largest absolute Gasteiger partial charge is 0.490 e. The molecule has 1 aliphatic heterocycles. The Balaban J connectivity index is 2.19. The molecule has 0 aromatic heterocycles. The predicted molar refractivity (Wildman–Crippen MR) is 47.8 cm³/mol. The molecule has 0 aromatic carbocycles. The van der Waals surface area contributed by atoms with Gasteiger partial charge in [-0.2, -0.15) is 0 Å². The molecular formula is C10H16O2. The average molecular weight is 168 g/mol. The van der Waals surface area contributed by atoms with Crippen LogP contribution in [0.1, 0.15) is 39.0 Å². The van der Waals surface area contributed by atoms with Crippen LogP contribution in [0.15, 0.2) is 11.8 Å². The van der Waals surface area contributed by atoms with Gasteiger partial charge in [0.25, 0.3) is 0 Å². The van der Waals surface area contributed by atoms with E-state index in [9.17, 15) is 4.79 Å². The van der Waals surface area contributed by atoms with Crippen molar-refractivity contribution in [1.29, 1.82) is 0 Å². The van der Waals surface area contributed by atoms with Gasteiger partial charge in [-0.1, -0.05) is 19.8 Å². The van der Waals surface area contributed by atoms with E-state index in [1.165, 1.54) is 19.3 Å². The summed E-state index contributed by atoms with van der Waals surface area (Å²) in [5, 5.41) is 0. The summed E-state index contributed by atoms with van der Waals surface area (Å²) in [6.07, 6.45) is 7.14. The second kappa shape index (κ2) is 4.96. The van der Waals surface area contributed by atoms with Crippen molar-refractivity contribution in [3.63, 3.8) is 0 Å². The topological polar surface area (TPSA) is 26.3 Å². The van der Waals surface area contributed by atoms with Gasteiger partial charge in [-0.15, -0.1) is 0 Å². The summed E-state index contributed by atoms with van der Waals surface area (Å²) in [6, 6.07) is 0. The van der Waals surface area contributed by atoms with Gasteiger partial charge in [0.15, 0.2) is 5.78 Å². The zero-order chi connectivity index (χ0) is 8.81. The van der Waals surface area contributed by atoms with E-state index >= 15 is 0 Å². The summed E-state index contributed by atoms with van der Waals surface area (Å²) in [6.45, 7) is 2.47.